The Kier molecular flexibility index (Phi) is 6.98. The van der Waals surface area contributed by atoms with E-state index in [1.807, 2.05) is 6.07 Å². The number of carbonyl (C=O) groups is 2. The first kappa shape index (κ1) is 19.7. The summed E-state index contributed by atoms with van der Waals surface area (Å²) in [6.45, 7) is 0.146. The minimum Gasteiger partial charge on any atom is -0.322 e. The van der Waals surface area contributed by atoms with Crippen molar-refractivity contribution >= 4 is 46.4 Å². The maximum Gasteiger partial charge on any atom is 0.279 e. The van der Waals surface area contributed by atoms with Crippen LogP contribution in [0.3, 0.4) is 0 Å². The molecule has 0 aliphatic heterocycles. The van der Waals surface area contributed by atoms with Gasteiger partial charge in [0.15, 0.2) is 13.1 Å². The lowest BCUT2D eigenvalue weighted by atomic mass is 10.2. The Bertz CT molecular complexity index is 844. The zero-order chi connectivity index (χ0) is 19.1. The van der Waals surface area contributed by atoms with Gasteiger partial charge in [-0.1, -0.05) is 35.3 Å². The van der Waals surface area contributed by atoms with Crippen LogP contribution < -0.4 is 15.5 Å². The number of nitriles is 1. The highest BCUT2D eigenvalue weighted by molar-refractivity contribution is 6.39. The Balaban J connectivity index is 1.87. The van der Waals surface area contributed by atoms with E-state index in [0.29, 0.717) is 31.9 Å². The van der Waals surface area contributed by atoms with E-state index >= 15 is 0 Å². The Hall–Kier alpha value is -2.59. The molecule has 2 amide bonds. The second-order valence-corrected chi connectivity index (χ2v) is 6.51. The zero-order valence-corrected chi connectivity index (χ0v) is 15.5. The van der Waals surface area contributed by atoms with Gasteiger partial charge in [-0.15, -0.1) is 0 Å². The fourth-order valence-electron chi connectivity index (χ4n) is 2.28. The van der Waals surface area contributed by atoms with Crippen molar-refractivity contribution in [3.63, 3.8) is 0 Å². The first-order valence-electron chi connectivity index (χ1n) is 7.74. The molecule has 0 spiro atoms. The molecule has 0 aliphatic rings. The Morgan fingerprint density at radius 1 is 1.04 bits per heavy atom. The van der Waals surface area contributed by atoms with Crippen molar-refractivity contribution in [3.05, 3.63) is 58.1 Å². The molecule has 1 atom stereocenters. The average Bonchev–Trinajstić information content (AvgIpc) is 2.58. The summed E-state index contributed by atoms with van der Waals surface area (Å²) >= 11 is 12.0. The van der Waals surface area contributed by atoms with Crippen molar-refractivity contribution in [3.8, 4) is 6.07 Å². The highest BCUT2D eigenvalue weighted by Crippen LogP contribution is 2.29. The third kappa shape index (κ3) is 5.74. The lowest BCUT2D eigenvalue weighted by Crippen LogP contribution is -3.11. The summed E-state index contributed by atoms with van der Waals surface area (Å²) in [4.78, 5) is 24.9. The summed E-state index contributed by atoms with van der Waals surface area (Å²) in [5.41, 5.74) is 1.35. The number of halogens is 2. The number of para-hydroxylation sites is 1. The molecule has 0 heterocycles. The van der Waals surface area contributed by atoms with E-state index in [0.717, 1.165) is 0 Å². The van der Waals surface area contributed by atoms with Crippen molar-refractivity contribution in [2.45, 2.75) is 0 Å². The smallest absolute Gasteiger partial charge is 0.279 e. The second kappa shape index (κ2) is 9.20. The van der Waals surface area contributed by atoms with Crippen LogP contribution in [0, 0.1) is 11.3 Å². The summed E-state index contributed by atoms with van der Waals surface area (Å²) < 4.78 is 0. The molecule has 0 saturated carbocycles. The fourth-order valence-corrected chi connectivity index (χ4v) is 2.78. The molecule has 2 aromatic carbocycles. The van der Waals surface area contributed by atoms with Crippen molar-refractivity contribution in [2.24, 2.45) is 0 Å². The molecule has 2 aromatic rings. The molecule has 2 rings (SSSR count). The number of benzene rings is 2. The number of anilines is 2. The van der Waals surface area contributed by atoms with Gasteiger partial charge in [0.25, 0.3) is 11.8 Å². The van der Waals surface area contributed by atoms with Crippen LogP contribution in [0.1, 0.15) is 5.56 Å². The van der Waals surface area contributed by atoms with Crippen LogP contribution in [0.15, 0.2) is 42.5 Å². The van der Waals surface area contributed by atoms with Crippen molar-refractivity contribution in [1.82, 2.24) is 0 Å². The molecular weight excluding hydrogens is 375 g/mol. The van der Waals surface area contributed by atoms with E-state index in [1.54, 1.807) is 49.5 Å². The largest absolute Gasteiger partial charge is 0.322 e. The molecule has 0 aliphatic carbocycles. The molecular formula is C18H17Cl2N4O2+. The number of hydrogen-bond donors (Lipinski definition) is 3. The van der Waals surface area contributed by atoms with E-state index in [1.165, 1.54) is 0 Å². The Morgan fingerprint density at radius 3 is 2.23 bits per heavy atom. The van der Waals surface area contributed by atoms with E-state index in [9.17, 15) is 9.59 Å². The molecule has 0 fully saturated rings. The third-order valence-corrected chi connectivity index (χ3v) is 4.06. The number of amides is 2. The lowest BCUT2D eigenvalue weighted by Gasteiger charge is -2.14. The van der Waals surface area contributed by atoms with Gasteiger partial charge in [0.1, 0.15) is 0 Å². The third-order valence-electron chi connectivity index (χ3n) is 3.43. The molecule has 0 bridgehead atoms. The predicted molar refractivity (Wildman–Crippen MR) is 101 cm³/mol. The predicted octanol–water partition coefficient (Wildman–Crippen LogP) is 1.96. The van der Waals surface area contributed by atoms with Crippen LogP contribution in [0.5, 0.6) is 0 Å². The van der Waals surface area contributed by atoms with Gasteiger partial charge in [-0.3, -0.25) is 9.59 Å². The minimum absolute atomic E-state index is 0.0627. The van der Waals surface area contributed by atoms with Crippen LogP contribution in [0.25, 0.3) is 0 Å². The van der Waals surface area contributed by atoms with Crippen LogP contribution in [-0.4, -0.2) is 32.0 Å². The number of carbonyl (C=O) groups excluding carboxylic acids is 2. The summed E-state index contributed by atoms with van der Waals surface area (Å²) in [5.74, 6) is -0.571. The molecule has 134 valence electrons. The highest BCUT2D eigenvalue weighted by Gasteiger charge is 2.16. The number of quaternary nitrogens is 1. The van der Waals surface area contributed by atoms with E-state index in [2.05, 4.69) is 10.6 Å². The molecule has 3 N–H and O–H groups in total. The standard InChI is InChI=1S/C18H16Cl2N4O2/c1-24(10-16(25)22-13-5-2-4-12(8-13)9-21)11-17(26)23-18-14(19)6-3-7-15(18)20/h2-8H,10-11H2,1H3,(H,22,25)(H,23,26)/p+1. The van der Waals surface area contributed by atoms with Crippen molar-refractivity contribution in [1.29, 1.82) is 5.26 Å². The van der Waals surface area contributed by atoms with Gasteiger partial charge in [-0.2, -0.15) is 5.26 Å². The zero-order valence-electron chi connectivity index (χ0n) is 14.0. The molecule has 0 aromatic heterocycles. The summed E-state index contributed by atoms with van der Waals surface area (Å²) in [5, 5.41) is 14.9. The monoisotopic (exact) mass is 391 g/mol. The molecule has 6 nitrogen and oxygen atoms in total. The maximum atomic E-state index is 12.1. The first-order valence-corrected chi connectivity index (χ1v) is 8.50. The van der Waals surface area contributed by atoms with Crippen LogP contribution >= 0.6 is 23.2 Å². The van der Waals surface area contributed by atoms with Gasteiger partial charge < -0.3 is 15.5 Å². The number of nitrogens with one attached hydrogen (secondary N) is 3. The molecule has 1 unspecified atom stereocenters. The van der Waals surface area contributed by atoms with Crippen molar-refractivity contribution in [2.75, 3.05) is 30.8 Å². The highest BCUT2D eigenvalue weighted by atomic mass is 35.5. The van der Waals surface area contributed by atoms with Gasteiger partial charge >= 0.3 is 0 Å². The van der Waals surface area contributed by atoms with Gasteiger partial charge in [0, 0.05) is 5.69 Å². The average molecular weight is 392 g/mol. The number of rotatable bonds is 6. The minimum atomic E-state index is -0.309. The van der Waals surface area contributed by atoms with Gasteiger partial charge in [0.05, 0.1) is 34.4 Å². The van der Waals surface area contributed by atoms with Crippen LogP contribution in [0.4, 0.5) is 11.4 Å². The molecule has 0 saturated heterocycles. The number of likely N-dealkylation sites (N-methyl/N-ethyl adjacent to an activating group) is 1. The molecule has 26 heavy (non-hydrogen) atoms. The normalized spacial score (nSPS) is 11.3. The quantitative estimate of drug-likeness (QED) is 0.703. The van der Waals surface area contributed by atoms with Crippen LogP contribution in [-0.2, 0) is 9.59 Å². The fraction of sp³-hybridized carbons (Fsp3) is 0.167. The number of nitrogens with zero attached hydrogens (tertiary/aromatic N) is 1. The van der Waals surface area contributed by atoms with E-state index in [-0.39, 0.29) is 24.9 Å². The Labute approximate surface area is 161 Å². The van der Waals surface area contributed by atoms with E-state index in [4.69, 9.17) is 28.5 Å². The second-order valence-electron chi connectivity index (χ2n) is 5.70. The van der Waals surface area contributed by atoms with Gasteiger partial charge in [-0.25, -0.2) is 0 Å². The van der Waals surface area contributed by atoms with Crippen LogP contribution in [0.2, 0.25) is 10.0 Å². The van der Waals surface area contributed by atoms with E-state index < -0.39 is 0 Å². The van der Waals surface area contributed by atoms with Gasteiger partial charge in [-0.05, 0) is 30.3 Å². The first-order chi connectivity index (χ1) is 12.4. The molecule has 8 heteroatoms. The number of hydrogen-bond acceptors (Lipinski definition) is 3. The van der Waals surface area contributed by atoms with Gasteiger partial charge in [0.2, 0.25) is 0 Å². The summed E-state index contributed by atoms with van der Waals surface area (Å²) in [6.07, 6.45) is 0. The van der Waals surface area contributed by atoms with Crippen molar-refractivity contribution < 1.29 is 14.5 Å². The Morgan fingerprint density at radius 2 is 1.62 bits per heavy atom. The SMILES string of the molecule is C[NH+](CC(=O)Nc1cccc(C#N)c1)CC(=O)Nc1c(Cl)cccc1Cl. The topological polar surface area (TPSA) is 86.4 Å². The summed E-state index contributed by atoms with van der Waals surface area (Å²) in [6, 6.07) is 13.6. The molecule has 0 radical (unpaired) electrons. The maximum absolute atomic E-state index is 12.1. The lowest BCUT2D eigenvalue weighted by molar-refractivity contribution is -0.862. The summed E-state index contributed by atoms with van der Waals surface area (Å²) in [7, 11) is 1.72.